The van der Waals surface area contributed by atoms with Crippen LogP contribution in [0.5, 0.6) is 5.75 Å². The highest BCUT2D eigenvalue weighted by Gasteiger charge is 2.09. The van der Waals surface area contributed by atoms with E-state index in [1.807, 2.05) is 0 Å². The lowest BCUT2D eigenvalue weighted by Crippen LogP contribution is -1.95. The average Bonchev–Trinajstić information content (AvgIpc) is 2.39. The number of benzene rings is 2. The van der Waals surface area contributed by atoms with Crippen LogP contribution in [0, 0.1) is 15.9 Å². The third kappa shape index (κ3) is 3.19. The maximum Gasteiger partial charge on any atom is 0.274 e. The molecule has 0 fully saturated rings. The van der Waals surface area contributed by atoms with Crippen molar-refractivity contribution in [1.82, 2.24) is 0 Å². The van der Waals surface area contributed by atoms with Crippen LogP contribution in [0.15, 0.2) is 42.5 Å². The largest absolute Gasteiger partial charge is 0.497 e. The summed E-state index contributed by atoms with van der Waals surface area (Å²) in [5.41, 5.74) is 0.702. The van der Waals surface area contributed by atoms with E-state index >= 15 is 0 Å². The number of rotatable bonds is 4. The van der Waals surface area contributed by atoms with Crippen molar-refractivity contribution in [3.63, 3.8) is 0 Å². The van der Waals surface area contributed by atoms with Gasteiger partial charge in [-0.25, -0.2) is 4.39 Å². The molecule has 0 heterocycles. The van der Waals surface area contributed by atoms with E-state index in [4.69, 9.17) is 4.74 Å². The fraction of sp³-hybridized carbons (Fsp3) is 0.0769. The molecule has 2 rings (SSSR count). The van der Waals surface area contributed by atoms with Crippen molar-refractivity contribution in [2.45, 2.75) is 0 Å². The van der Waals surface area contributed by atoms with E-state index < -0.39 is 10.7 Å². The molecule has 0 saturated heterocycles. The first-order chi connectivity index (χ1) is 9.08. The molecule has 0 aromatic heterocycles. The molecule has 0 aliphatic carbocycles. The zero-order chi connectivity index (χ0) is 13.8. The summed E-state index contributed by atoms with van der Waals surface area (Å²) in [6.45, 7) is 0. The molecule has 0 unspecified atom stereocenters. The van der Waals surface area contributed by atoms with Crippen LogP contribution < -0.4 is 10.1 Å². The second-order valence-electron chi connectivity index (χ2n) is 3.81. The molecule has 1 N–H and O–H groups in total. The zero-order valence-corrected chi connectivity index (χ0v) is 10.1. The number of hydrogen-bond acceptors (Lipinski definition) is 4. The Morgan fingerprint density at radius 1 is 1.16 bits per heavy atom. The first kappa shape index (κ1) is 12.8. The molecule has 98 valence electrons. The van der Waals surface area contributed by atoms with Crippen LogP contribution in [0.3, 0.4) is 0 Å². The Bertz CT molecular complexity index is 599. The second-order valence-corrected chi connectivity index (χ2v) is 3.81. The fourth-order valence-corrected chi connectivity index (χ4v) is 1.59. The van der Waals surface area contributed by atoms with E-state index in [1.54, 1.807) is 31.4 Å². The van der Waals surface area contributed by atoms with E-state index in [-0.39, 0.29) is 5.69 Å². The summed E-state index contributed by atoms with van der Waals surface area (Å²) in [5.74, 6) is 0.0287. The Hall–Kier alpha value is -2.63. The Morgan fingerprint density at radius 2 is 1.84 bits per heavy atom. The van der Waals surface area contributed by atoms with E-state index in [0.717, 1.165) is 6.07 Å². The van der Waals surface area contributed by atoms with Crippen LogP contribution in [0.25, 0.3) is 0 Å². The first-order valence-corrected chi connectivity index (χ1v) is 5.44. The average molecular weight is 262 g/mol. The lowest BCUT2D eigenvalue weighted by molar-refractivity contribution is -0.385. The number of hydrogen-bond donors (Lipinski definition) is 1. The van der Waals surface area contributed by atoms with Crippen molar-refractivity contribution in [2.24, 2.45) is 0 Å². The van der Waals surface area contributed by atoms with E-state index in [9.17, 15) is 14.5 Å². The summed E-state index contributed by atoms with van der Waals surface area (Å²) in [5, 5.41) is 13.5. The summed E-state index contributed by atoms with van der Waals surface area (Å²) in [6.07, 6.45) is 0. The first-order valence-electron chi connectivity index (χ1n) is 5.44. The summed E-state index contributed by atoms with van der Waals surface area (Å²) in [4.78, 5) is 10.00. The summed E-state index contributed by atoms with van der Waals surface area (Å²) in [7, 11) is 1.55. The van der Waals surface area contributed by atoms with Crippen LogP contribution in [0.4, 0.5) is 21.5 Å². The van der Waals surface area contributed by atoms with Crippen LogP contribution in [0.1, 0.15) is 0 Å². The molecule has 2 aromatic carbocycles. The molecule has 0 saturated carbocycles. The smallest absolute Gasteiger partial charge is 0.274 e. The van der Waals surface area contributed by atoms with Crippen molar-refractivity contribution in [3.05, 3.63) is 58.4 Å². The van der Waals surface area contributed by atoms with E-state index in [0.29, 0.717) is 17.1 Å². The third-order valence-corrected chi connectivity index (χ3v) is 2.47. The van der Waals surface area contributed by atoms with Gasteiger partial charge in [0.25, 0.3) is 5.69 Å². The minimum atomic E-state index is -0.662. The van der Waals surface area contributed by atoms with E-state index in [1.165, 1.54) is 12.1 Å². The standard InChI is InChI=1S/C13H11FN2O3/c1-19-13-4-2-10(3-5-13)15-11-6-9(14)7-12(8-11)16(17)18/h2-8,15H,1H3. The number of nitrogens with zero attached hydrogens (tertiary/aromatic N) is 1. The van der Waals surface area contributed by atoms with Gasteiger partial charge in [0.15, 0.2) is 0 Å². The molecule has 0 atom stereocenters. The molecule has 0 aliphatic heterocycles. The van der Waals surface area contributed by atoms with Crippen molar-refractivity contribution in [2.75, 3.05) is 12.4 Å². The number of nitro benzene ring substituents is 1. The zero-order valence-electron chi connectivity index (χ0n) is 10.1. The normalized spacial score (nSPS) is 10.0. The molecule has 0 radical (unpaired) electrons. The number of halogens is 1. The number of methoxy groups -OCH3 is 1. The van der Waals surface area contributed by atoms with Crippen molar-refractivity contribution >= 4 is 17.1 Å². The van der Waals surface area contributed by atoms with Crippen LogP contribution in [0.2, 0.25) is 0 Å². The molecule has 0 bridgehead atoms. The van der Waals surface area contributed by atoms with Crippen molar-refractivity contribution < 1.29 is 14.1 Å². The Balaban J connectivity index is 2.24. The highest BCUT2D eigenvalue weighted by atomic mass is 19.1. The summed E-state index contributed by atoms with van der Waals surface area (Å²) in [6, 6.07) is 10.3. The maximum absolute atomic E-state index is 13.2. The SMILES string of the molecule is COc1ccc(Nc2cc(F)cc([N+](=O)[O-])c2)cc1. The summed E-state index contributed by atoms with van der Waals surface area (Å²) >= 11 is 0. The predicted molar refractivity (Wildman–Crippen MR) is 69.3 cm³/mol. The number of nitro groups is 1. The molecular formula is C13H11FN2O3. The number of nitrogens with one attached hydrogen (secondary N) is 1. The van der Waals surface area contributed by atoms with Crippen molar-refractivity contribution in [1.29, 1.82) is 0 Å². The lowest BCUT2D eigenvalue weighted by atomic mass is 10.2. The fourth-order valence-electron chi connectivity index (χ4n) is 1.59. The number of non-ortho nitro benzene ring substituents is 1. The quantitative estimate of drug-likeness (QED) is 0.676. The highest BCUT2D eigenvalue weighted by Crippen LogP contribution is 2.24. The number of ether oxygens (including phenoxy) is 1. The van der Waals surface area contributed by atoms with Crippen LogP contribution in [-0.4, -0.2) is 12.0 Å². The lowest BCUT2D eigenvalue weighted by Gasteiger charge is -2.07. The Kier molecular flexibility index (Phi) is 3.61. The number of anilines is 2. The molecule has 0 aliphatic rings. The van der Waals surface area contributed by atoms with Crippen LogP contribution in [-0.2, 0) is 0 Å². The van der Waals surface area contributed by atoms with Gasteiger partial charge in [-0.2, -0.15) is 0 Å². The van der Waals surface area contributed by atoms with Crippen LogP contribution >= 0.6 is 0 Å². The van der Waals surface area contributed by atoms with Gasteiger partial charge in [-0.3, -0.25) is 10.1 Å². The Labute approximate surface area is 108 Å². The van der Waals surface area contributed by atoms with Gasteiger partial charge in [-0.15, -0.1) is 0 Å². The van der Waals surface area contributed by atoms with Gasteiger partial charge >= 0.3 is 0 Å². The van der Waals surface area contributed by atoms with Crippen molar-refractivity contribution in [3.8, 4) is 5.75 Å². The molecule has 2 aromatic rings. The van der Waals surface area contributed by atoms with Gasteiger partial charge < -0.3 is 10.1 Å². The summed E-state index contributed by atoms with van der Waals surface area (Å²) < 4.78 is 18.3. The van der Waals surface area contributed by atoms with Gasteiger partial charge in [0.05, 0.1) is 18.1 Å². The molecule has 0 amide bonds. The topological polar surface area (TPSA) is 64.4 Å². The van der Waals surface area contributed by atoms with Gasteiger partial charge in [0.1, 0.15) is 11.6 Å². The third-order valence-electron chi connectivity index (χ3n) is 2.47. The maximum atomic E-state index is 13.2. The minimum absolute atomic E-state index is 0.295. The molecular weight excluding hydrogens is 251 g/mol. The van der Waals surface area contributed by atoms with Gasteiger partial charge in [0, 0.05) is 17.4 Å². The predicted octanol–water partition coefficient (Wildman–Crippen LogP) is 3.49. The van der Waals surface area contributed by atoms with Gasteiger partial charge in [0.2, 0.25) is 0 Å². The molecule has 5 nitrogen and oxygen atoms in total. The van der Waals surface area contributed by atoms with Gasteiger partial charge in [-0.1, -0.05) is 0 Å². The molecule has 0 spiro atoms. The minimum Gasteiger partial charge on any atom is -0.497 e. The molecule has 6 heteroatoms. The molecule has 19 heavy (non-hydrogen) atoms. The Morgan fingerprint density at radius 3 is 2.42 bits per heavy atom. The van der Waals surface area contributed by atoms with Gasteiger partial charge in [-0.05, 0) is 30.3 Å². The monoisotopic (exact) mass is 262 g/mol. The highest BCUT2D eigenvalue weighted by molar-refractivity contribution is 5.63. The second kappa shape index (κ2) is 5.34. The van der Waals surface area contributed by atoms with E-state index in [2.05, 4.69) is 5.32 Å².